The molecule has 1 heterocycles. The van der Waals surface area contributed by atoms with Crippen LogP contribution in [0.15, 0.2) is 0 Å². The van der Waals surface area contributed by atoms with Gasteiger partial charge in [-0.25, -0.2) is 4.89 Å². The van der Waals surface area contributed by atoms with Crippen molar-refractivity contribution in [2.75, 3.05) is 6.61 Å². The Morgan fingerprint density at radius 2 is 2.50 bits per heavy atom. The van der Waals surface area contributed by atoms with E-state index in [1.165, 1.54) is 0 Å². The number of hydrogen-bond donors (Lipinski definition) is 1. The van der Waals surface area contributed by atoms with Crippen LogP contribution in [0, 0.1) is 5.92 Å². The number of ether oxygens (including phenoxy) is 1. The third-order valence-electron chi connectivity index (χ3n) is 1.83. The molecular formula is C6H11BO3. The van der Waals surface area contributed by atoms with Crippen molar-refractivity contribution in [2.45, 2.75) is 25.5 Å². The van der Waals surface area contributed by atoms with Crippen molar-refractivity contribution in [3.05, 3.63) is 0 Å². The molecule has 1 saturated heterocycles. The fourth-order valence-corrected chi connectivity index (χ4v) is 1.21. The molecule has 3 nitrogen and oxygen atoms in total. The molecule has 0 aromatic rings. The first kappa shape index (κ1) is 8.05. The lowest BCUT2D eigenvalue weighted by Crippen LogP contribution is -2.20. The van der Waals surface area contributed by atoms with Gasteiger partial charge in [-0.1, -0.05) is 6.92 Å². The Kier molecular flexibility index (Phi) is 2.71. The van der Waals surface area contributed by atoms with Crippen LogP contribution in [-0.2, 0) is 9.62 Å². The van der Waals surface area contributed by atoms with Crippen molar-refractivity contribution in [1.82, 2.24) is 0 Å². The molecule has 0 amide bonds. The summed E-state index contributed by atoms with van der Waals surface area (Å²) in [5, 5.41) is 8.11. The zero-order chi connectivity index (χ0) is 7.56. The van der Waals surface area contributed by atoms with Gasteiger partial charge < -0.3 is 4.74 Å². The minimum absolute atomic E-state index is 0.0417. The van der Waals surface area contributed by atoms with Gasteiger partial charge in [0.15, 0.2) is 0 Å². The first-order chi connectivity index (χ1) is 4.74. The summed E-state index contributed by atoms with van der Waals surface area (Å²) in [6.45, 7) is 2.24. The lowest BCUT2D eigenvalue weighted by Gasteiger charge is -2.11. The fourth-order valence-electron chi connectivity index (χ4n) is 1.21. The van der Waals surface area contributed by atoms with E-state index >= 15 is 0 Å². The Labute approximate surface area is 61.7 Å². The maximum atomic E-state index is 8.11. The number of hydrogen-bond acceptors (Lipinski definition) is 3. The van der Waals surface area contributed by atoms with Crippen LogP contribution < -0.4 is 0 Å². The maximum absolute atomic E-state index is 8.11. The smallest absolute Gasteiger partial charge is 0.109 e. The molecule has 1 aliphatic heterocycles. The Morgan fingerprint density at radius 3 is 2.90 bits per heavy atom. The normalized spacial score (nSPS) is 40.4. The van der Waals surface area contributed by atoms with Crippen LogP contribution in [0.25, 0.3) is 0 Å². The second-order valence-corrected chi connectivity index (χ2v) is 2.72. The van der Waals surface area contributed by atoms with Crippen LogP contribution in [0.1, 0.15) is 13.3 Å². The molecule has 0 bridgehead atoms. The zero-order valence-corrected chi connectivity index (χ0v) is 5.99. The van der Waals surface area contributed by atoms with E-state index < -0.39 is 0 Å². The van der Waals surface area contributed by atoms with Crippen molar-refractivity contribution in [1.29, 1.82) is 0 Å². The molecule has 4 heteroatoms. The van der Waals surface area contributed by atoms with Gasteiger partial charge in [-0.2, -0.15) is 0 Å². The second kappa shape index (κ2) is 3.37. The third kappa shape index (κ3) is 1.72. The average Bonchev–Trinajstić information content (AvgIpc) is 2.13. The largest absolute Gasteiger partial charge is 0.382 e. The van der Waals surface area contributed by atoms with Crippen LogP contribution in [0.3, 0.4) is 0 Å². The summed E-state index contributed by atoms with van der Waals surface area (Å²) in [4.78, 5) is 3.96. The Morgan fingerprint density at radius 1 is 1.80 bits per heavy atom. The SMILES string of the molecule is [B][C@H]1CC(C)[C@@H](COO)O1. The summed E-state index contributed by atoms with van der Waals surface area (Å²) in [6.07, 6.45) is 0.800. The van der Waals surface area contributed by atoms with Crippen LogP contribution in [0.4, 0.5) is 0 Å². The topological polar surface area (TPSA) is 38.7 Å². The lowest BCUT2D eigenvalue weighted by atomic mass is 9.92. The molecule has 1 rings (SSSR count). The van der Waals surface area contributed by atoms with Crippen LogP contribution >= 0.6 is 0 Å². The molecule has 0 aliphatic carbocycles. The molecule has 1 N–H and O–H groups in total. The molecule has 10 heavy (non-hydrogen) atoms. The van der Waals surface area contributed by atoms with E-state index in [0.717, 1.165) is 6.42 Å². The van der Waals surface area contributed by atoms with Crippen LogP contribution in [0.2, 0.25) is 0 Å². The average molecular weight is 142 g/mol. The second-order valence-electron chi connectivity index (χ2n) is 2.72. The number of rotatable bonds is 2. The molecule has 3 atom stereocenters. The molecule has 56 valence electrons. The molecule has 0 aromatic carbocycles. The predicted octanol–water partition coefficient (Wildman–Crippen LogP) is 0.396. The Balaban J connectivity index is 2.31. The summed E-state index contributed by atoms with van der Waals surface area (Å²) in [5.41, 5.74) is 0. The summed E-state index contributed by atoms with van der Waals surface area (Å²) in [6, 6.07) is -0.185. The Bertz CT molecular complexity index is 109. The van der Waals surface area contributed by atoms with Crippen molar-refractivity contribution >= 4 is 7.85 Å². The lowest BCUT2D eigenvalue weighted by molar-refractivity contribution is -0.259. The van der Waals surface area contributed by atoms with E-state index in [9.17, 15) is 0 Å². The molecule has 1 fully saturated rings. The van der Waals surface area contributed by atoms with Crippen LogP contribution in [0.5, 0.6) is 0 Å². The molecule has 1 aliphatic rings. The van der Waals surface area contributed by atoms with Gasteiger partial charge in [-0.15, -0.1) is 0 Å². The fraction of sp³-hybridized carbons (Fsp3) is 1.00. The van der Waals surface area contributed by atoms with Gasteiger partial charge in [0, 0.05) is 6.00 Å². The van der Waals surface area contributed by atoms with Gasteiger partial charge in [-0.3, -0.25) is 5.26 Å². The van der Waals surface area contributed by atoms with E-state index in [4.69, 9.17) is 17.8 Å². The van der Waals surface area contributed by atoms with E-state index in [-0.39, 0.29) is 18.7 Å². The first-order valence-corrected chi connectivity index (χ1v) is 3.41. The van der Waals surface area contributed by atoms with Gasteiger partial charge in [0.1, 0.15) is 14.5 Å². The van der Waals surface area contributed by atoms with E-state index in [1.807, 2.05) is 6.92 Å². The third-order valence-corrected chi connectivity index (χ3v) is 1.83. The summed E-state index contributed by atoms with van der Waals surface area (Å²) in [5.74, 6) is 0.377. The van der Waals surface area contributed by atoms with Crippen molar-refractivity contribution in [3.8, 4) is 0 Å². The Hall–Kier alpha value is -0.0551. The quantitative estimate of drug-likeness (QED) is 0.344. The monoisotopic (exact) mass is 142 g/mol. The van der Waals surface area contributed by atoms with Gasteiger partial charge in [0.25, 0.3) is 0 Å². The van der Waals surface area contributed by atoms with E-state index in [0.29, 0.717) is 5.92 Å². The standard InChI is InChI=1S/C6H11BO3/c1-4-2-6(7)10-5(4)3-9-8/h4-6,8H,2-3H2,1H3/t4?,5-,6-/m1/s1. The first-order valence-electron chi connectivity index (χ1n) is 3.41. The highest BCUT2D eigenvalue weighted by atomic mass is 17.1. The summed E-state index contributed by atoms with van der Waals surface area (Å²) >= 11 is 0. The zero-order valence-electron chi connectivity index (χ0n) is 5.99. The minimum atomic E-state index is -0.185. The highest BCUT2D eigenvalue weighted by molar-refractivity contribution is 6.11. The maximum Gasteiger partial charge on any atom is 0.109 e. The van der Waals surface area contributed by atoms with E-state index in [1.54, 1.807) is 0 Å². The minimum Gasteiger partial charge on any atom is -0.382 e. The van der Waals surface area contributed by atoms with Gasteiger partial charge in [0.2, 0.25) is 0 Å². The molecule has 0 aromatic heterocycles. The molecule has 0 spiro atoms. The molecule has 0 saturated carbocycles. The summed E-state index contributed by atoms with van der Waals surface area (Å²) < 4.78 is 5.21. The molecule has 1 unspecified atom stereocenters. The van der Waals surface area contributed by atoms with Gasteiger partial charge >= 0.3 is 0 Å². The van der Waals surface area contributed by atoms with Crippen molar-refractivity contribution in [3.63, 3.8) is 0 Å². The molecular weight excluding hydrogens is 131 g/mol. The van der Waals surface area contributed by atoms with Crippen molar-refractivity contribution in [2.24, 2.45) is 5.92 Å². The highest BCUT2D eigenvalue weighted by Crippen LogP contribution is 2.23. The van der Waals surface area contributed by atoms with Crippen LogP contribution in [-0.4, -0.2) is 31.8 Å². The molecule has 2 radical (unpaired) electrons. The predicted molar refractivity (Wildman–Crippen MR) is 36.8 cm³/mol. The van der Waals surface area contributed by atoms with Crippen molar-refractivity contribution < 1.29 is 14.9 Å². The summed E-state index contributed by atoms with van der Waals surface area (Å²) in [7, 11) is 5.49. The van der Waals surface area contributed by atoms with Gasteiger partial charge in [0.05, 0.1) is 6.10 Å². The highest BCUT2D eigenvalue weighted by Gasteiger charge is 2.28. The van der Waals surface area contributed by atoms with Gasteiger partial charge in [-0.05, 0) is 12.3 Å². The van der Waals surface area contributed by atoms with E-state index in [2.05, 4.69) is 4.89 Å².